The molecule has 1 aromatic heterocycles. The summed E-state index contributed by atoms with van der Waals surface area (Å²) in [5.41, 5.74) is 2.03. The molecule has 3 heterocycles. The summed E-state index contributed by atoms with van der Waals surface area (Å²) in [6.07, 6.45) is 3.16. The van der Waals surface area contributed by atoms with Gasteiger partial charge in [0, 0.05) is 31.7 Å². The predicted octanol–water partition coefficient (Wildman–Crippen LogP) is 0.0771. The van der Waals surface area contributed by atoms with Gasteiger partial charge in [-0.3, -0.25) is 24.2 Å². The van der Waals surface area contributed by atoms with Crippen LogP contribution in [0.4, 0.5) is 5.82 Å². The van der Waals surface area contributed by atoms with Crippen LogP contribution >= 0.6 is 0 Å². The number of anilines is 1. The molecule has 7 nitrogen and oxygen atoms in total. The molecular formula is C16H20N4O3. The van der Waals surface area contributed by atoms with Gasteiger partial charge in [-0.1, -0.05) is 0 Å². The number of hydrogen-bond donors (Lipinski definition) is 0. The average molecular weight is 316 g/mol. The van der Waals surface area contributed by atoms with Crippen molar-refractivity contribution in [3.63, 3.8) is 0 Å². The van der Waals surface area contributed by atoms with E-state index in [0.29, 0.717) is 44.0 Å². The number of carbonyl (C=O) groups is 3. The summed E-state index contributed by atoms with van der Waals surface area (Å²) in [6, 6.07) is 1.92. The molecule has 0 unspecified atom stereocenters. The molecule has 122 valence electrons. The number of likely N-dealkylation sites (N-methyl/N-ethyl adjacent to an activating group) is 1. The summed E-state index contributed by atoms with van der Waals surface area (Å²) >= 11 is 0. The smallest absolute Gasteiger partial charge is 0.237 e. The third-order valence-electron chi connectivity index (χ3n) is 4.42. The SMILES string of the molecule is CN1CCN(Cc2cc3c(nc2C=O)N(C=O)CCC3)C(=O)C1. The number of piperazine rings is 1. The number of aldehydes is 1. The number of carbonyl (C=O) groups excluding carboxylic acids is 3. The molecule has 0 radical (unpaired) electrons. The lowest BCUT2D eigenvalue weighted by Crippen LogP contribution is -2.48. The number of fused-ring (bicyclic) bond motifs is 1. The summed E-state index contributed by atoms with van der Waals surface area (Å²) in [5.74, 6) is 0.629. The van der Waals surface area contributed by atoms with E-state index in [-0.39, 0.29) is 5.91 Å². The largest absolute Gasteiger partial charge is 0.336 e. The normalized spacial score (nSPS) is 18.7. The number of nitrogens with zero attached hydrogens (tertiary/aromatic N) is 4. The summed E-state index contributed by atoms with van der Waals surface area (Å²) in [4.78, 5) is 44.3. The van der Waals surface area contributed by atoms with Crippen LogP contribution in [0.25, 0.3) is 0 Å². The van der Waals surface area contributed by atoms with Crippen molar-refractivity contribution in [2.45, 2.75) is 19.4 Å². The molecule has 0 spiro atoms. The van der Waals surface area contributed by atoms with Crippen LogP contribution in [0.2, 0.25) is 0 Å². The van der Waals surface area contributed by atoms with Crippen LogP contribution in [0, 0.1) is 0 Å². The molecule has 2 amide bonds. The number of aromatic nitrogens is 1. The minimum absolute atomic E-state index is 0.0582. The van der Waals surface area contributed by atoms with Crippen molar-refractivity contribution in [2.24, 2.45) is 0 Å². The number of amides is 2. The van der Waals surface area contributed by atoms with E-state index in [4.69, 9.17) is 0 Å². The number of aryl methyl sites for hydroxylation is 1. The second-order valence-corrected chi connectivity index (χ2v) is 6.09. The van der Waals surface area contributed by atoms with Crippen LogP contribution in [-0.4, -0.2) is 66.6 Å². The first-order valence-corrected chi connectivity index (χ1v) is 7.78. The van der Waals surface area contributed by atoms with E-state index < -0.39 is 0 Å². The molecule has 23 heavy (non-hydrogen) atoms. The van der Waals surface area contributed by atoms with Gasteiger partial charge in [0.25, 0.3) is 0 Å². The molecule has 2 aliphatic rings. The lowest BCUT2D eigenvalue weighted by atomic mass is 10.0. The first-order valence-electron chi connectivity index (χ1n) is 7.78. The number of pyridine rings is 1. The van der Waals surface area contributed by atoms with E-state index in [1.54, 1.807) is 4.90 Å². The van der Waals surface area contributed by atoms with Gasteiger partial charge in [0.1, 0.15) is 11.5 Å². The Kier molecular flexibility index (Phi) is 4.38. The standard InChI is InChI=1S/C16H20N4O3/c1-18-5-6-19(15(23)9-18)8-13-7-12-3-2-4-20(11-22)16(12)17-14(13)10-21/h7,10-11H,2-6,8-9H2,1H3. The van der Waals surface area contributed by atoms with Crippen molar-refractivity contribution in [2.75, 3.05) is 38.1 Å². The molecule has 2 aliphatic heterocycles. The minimum atomic E-state index is 0.0582. The third kappa shape index (κ3) is 3.10. The Bertz CT molecular complexity index is 646. The minimum Gasteiger partial charge on any atom is -0.336 e. The Morgan fingerprint density at radius 2 is 2.09 bits per heavy atom. The second kappa shape index (κ2) is 6.45. The Balaban J connectivity index is 1.89. The van der Waals surface area contributed by atoms with E-state index in [1.165, 1.54) is 4.90 Å². The number of rotatable bonds is 4. The summed E-state index contributed by atoms with van der Waals surface area (Å²) in [5, 5.41) is 0. The zero-order valence-electron chi connectivity index (χ0n) is 13.2. The molecule has 0 aromatic carbocycles. The first-order chi connectivity index (χ1) is 11.1. The van der Waals surface area contributed by atoms with Crippen molar-refractivity contribution in [1.82, 2.24) is 14.8 Å². The van der Waals surface area contributed by atoms with Gasteiger partial charge < -0.3 is 4.90 Å². The van der Waals surface area contributed by atoms with Crippen LogP contribution in [0.15, 0.2) is 6.07 Å². The highest BCUT2D eigenvalue weighted by Crippen LogP contribution is 2.26. The van der Waals surface area contributed by atoms with Crippen molar-refractivity contribution in [1.29, 1.82) is 0 Å². The molecule has 1 saturated heterocycles. The van der Waals surface area contributed by atoms with Crippen LogP contribution in [-0.2, 0) is 22.6 Å². The molecule has 0 N–H and O–H groups in total. The van der Waals surface area contributed by atoms with Gasteiger partial charge in [0.05, 0.1) is 6.54 Å². The highest BCUT2D eigenvalue weighted by atomic mass is 16.2. The van der Waals surface area contributed by atoms with Gasteiger partial charge in [0.2, 0.25) is 12.3 Å². The van der Waals surface area contributed by atoms with E-state index in [9.17, 15) is 14.4 Å². The topological polar surface area (TPSA) is 73.8 Å². The Hall–Kier alpha value is -2.28. The second-order valence-electron chi connectivity index (χ2n) is 6.09. The van der Waals surface area contributed by atoms with Crippen LogP contribution in [0.3, 0.4) is 0 Å². The predicted molar refractivity (Wildman–Crippen MR) is 84.3 cm³/mol. The average Bonchev–Trinajstić information content (AvgIpc) is 2.56. The van der Waals surface area contributed by atoms with Crippen LogP contribution < -0.4 is 4.90 Å². The maximum atomic E-state index is 12.1. The molecule has 7 heteroatoms. The van der Waals surface area contributed by atoms with Gasteiger partial charge in [0.15, 0.2) is 6.29 Å². The fraction of sp³-hybridized carbons (Fsp3) is 0.500. The Labute approximate surface area is 134 Å². The zero-order valence-corrected chi connectivity index (χ0v) is 13.2. The van der Waals surface area contributed by atoms with Crippen molar-refractivity contribution < 1.29 is 14.4 Å². The van der Waals surface area contributed by atoms with Gasteiger partial charge in [-0.05, 0) is 31.5 Å². The fourth-order valence-corrected chi connectivity index (χ4v) is 3.12. The lowest BCUT2D eigenvalue weighted by Gasteiger charge is -2.33. The molecule has 1 fully saturated rings. The third-order valence-corrected chi connectivity index (χ3v) is 4.42. The Morgan fingerprint density at radius 1 is 1.26 bits per heavy atom. The van der Waals surface area contributed by atoms with E-state index >= 15 is 0 Å². The Morgan fingerprint density at radius 3 is 2.78 bits per heavy atom. The first kappa shape index (κ1) is 15.6. The highest BCUT2D eigenvalue weighted by molar-refractivity contribution is 5.82. The maximum Gasteiger partial charge on any atom is 0.237 e. The molecule has 1 aromatic rings. The summed E-state index contributed by atoms with van der Waals surface area (Å²) in [7, 11) is 1.92. The van der Waals surface area contributed by atoms with Gasteiger partial charge in [-0.2, -0.15) is 0 Å². The zero-order chi connectivity index (χ0) is 16.4. The highest BCUT2D eigenvalue weighted by Gasteiger charge is 2.25. The number of hydrogen-bond acceptors (Lipinski definition) is 5. The van der Waals surface area contributed by atoms with Crippen molar-refractivity contribution in [3.05, 3.63) is 22.9 Å². The summed E-state index contributed by atoms with van der Waals surface area (Å²) < 4.78 is 0. The van der Waals surface area contributed by atoms with E-state index in [1.807, 2.05) is 18.0 Å². The van der Waals surface area contributed by atoms with Gasteiger partial charge >= 0.3 is 0 Å². The van der Waals surface area contributed by atoms with Crippen LogP contribution in [0.1, 0.15) is 28.0 Å². The van der Waals surface area contributed by atoms with Crippen molar-refractivity contribution >= 4 is 24.4 Å². The molecule has 0 bridgehead atoms. The summed E-state index contributed by atoms with van der Waals surface area (Å²) in [6.45, 7) is 2.87. The monoisotopic (exact) mass is 316 g/mol. The molecule has 3 rings (SSSR count). The molecule has 0 aliphatic carbocycles. The van der Waals surface area contributed by atoms with Crippen molar-refractivity contribution in [3.8, 4) is 0 Å². The van der Waals surface area contributed by atoms with Crippen LogP contribution in [0.5, 0.6) is 0 Å². The fourth-order valence-electron chi connectivity index (χ4n) is 3.12. The molecular weight excluding hydrogens is 296 g/mol. The van der Waals surface area contributed by atoms with E-state index in [2.05, 4.69) is 4.98 Å². The quantitative estimate of drug-likeness (QED) is 0.735. The maximum absolute atomic E-state index is 12.1. The van der Waals surface area contributed by atoms with E-state index in [0.717, 1.165) is 36.9 Å². The van der Waals surface area contributed by atoms with Gasteiger partial charge in [-0.25, -0.2) is 4.98 Å². The lowest BCUT2D eigenvalue weighted by molar-refractivity contribution is -0.136. The van der Waals surface area contributed by atoms with Gasteiger partial charge in [-0.15, -0.1) is 0 Å². The molecule has 0 atom stereocenters. The molecule has 0 saturated carbocycles.